The van der Waals surface area contributed by atoms with Crippen molar-refractivity contribution in [1.82, 2.24) is 14.8 Å². The number of nitrogens with zero attached hydrogens (tertiary/aromatic N) is 3. The Hall–Kier alpha value is -2.21. The predicted molar refractivity (Wildman–Crippen MR) is 63.7 cm³/mol. The summed E-state index contributed by atoms with van der Waals surface area (Å²) < 4.78 is 6.74. The smallest absolute Gasteiger partial charge is 0.339 e. The van der Waals surface area contributed by atoms with Gasteiger partial charge in [-0.1, -0.05) is 0 Å². The molecule has 2 rings (SSSR count). The van der Waals surface area contributed by atoms with Crippen molar-refractivity contribution in [3.63, 3.8) is 0 Å². The van der Waals surface area contributed by atoms with Gasteiger partial charge >= 0.3 is 5.97 Å². The van der Waals surface area contributed by atoms with Gasteiger partial charge < -0.3 is 9.84 Å². The Morgan fingerprint density at radius 1 is 1.50 bits per heavy atom. The Labute approximate surface area is 104 Å². The molecule has 0 saturated heterocycles. The highest BCUT2D eigenvalue weighted by atomic mass is 16.5. The minimum Gasteiger partial charge on any atom is -0.478 e. The molecule has 2 heterocycles. The molecule has 94 valence electrons. The third-order valence-corrected chi connectivity index (χ3v) is 2.67. The molecule has 0 aliphatic rings. The Bertz CT molecular complexity index is 551. The summed E-state index contributed by atoms with van der Waals surface area (Å²) in [7, 11) is 1.52. The van der Waals surface area contributed by atoms with E-state index in [2.05, 4.69) is 10.1 Å². The number of aromatic carboxylic acids is 1. The highest BCUT2D eigenvalue weighted by Crippen LogP contribution is 2.23. The number of methoxy groups -OCH3 is 1. The van der Waals surface area contributed by atoms with Gasteiger partial charge in [0, 0.05) is 13.3 Å². The average Bonchev–Trinajstić information content (AvgIpc) is 2.83. The quantitative estimate of drug-likeness (QED) is 0.889. The van der Waals surface area contributed by atoms with E-state index >= 15 is 0 Å². The molecule has 1 unspecified atom stereocenters. The summed E-state index contributed by atoms with van der Waals surface area (Å²) in [4.78, 5) is 15.2. The molecular formula is C12H13N3O3. The largest absolute Gasteiger partial charge is 0.478 e. The van der Waals surface area contributed by atoms with Crippen molar-refractivity contribution in [2.24, 2.45) is 0 Å². The predicted octanol–water partition coefficient (Wildman–Crippen LogP) is 1.67. The second-order valence-electron chi connectivity index (χ2n) is 3.75. The molecule has 0 saturated carbocycles. The molecular weight excluding hydrogens is 234 g/mol. The maximum atomic E-state index is 11.2. The van der Waals surface area contributed by atoms with Crippen molar-refractivity contribution >= 4 is 5.97 Å². The molecule has 0 aliphatic carbocycles. The Balaban J connectivity index is 2.58. The fourth-order valence-electron chi connectivity index (χ4n) is 1.71. The molecule has 2 aromatic rings. The number of hydrogen-bond acceptors (Lipinski definition) is 4. The average molecular weight is 247 g/mol. The number of carboxylic acid groups (broad SMARTS) is 1. The number of carbonyl (C=O) groups is 1. The van der Waals surface area contributed by atoms with Crippen LogP contribution in [0.2, 0.25) is 0 Å². The first-order chi connectivity index (χ1) is 8.65. The minimum absolute atomic E-state index is 0.133. The van der Waals surface area contributed by atoms with E-state index < -0.39 is 5.97 Å². The van der Waals surface area contributed by atoms with E-state index in [0.29, 0.717) is 11.4 Å². The van der Waals surface area contributed by atoms with Crippen LogP contribution in [-0.4, -0.2) is 33.0 Å². The molecule has 6 nitrogen and oxygen atoms in total. The van der Waals surface area contributed by atoms with Gasteiger partial charge in [-0.2, -0.15) is 5.10 Å². The van der Waals surface area contributed by atoms with E-state index in [1.165, 1.54) is 18.0 Å². The summed E-state index contributed by atoms with van der Waals surface area (Å²) in [6.07, 6.45) is 4.20. The van der Waals surface area contributed by atoms with Crippen LogP contribution < -0.4 is 0 Å². The summed E-state index contributed by atoms with van der Waals surface area (Å²) in [5, 5.41) is 13.2. The molecule has 0 spiro atoms. The van der Waals surface area contributed by atoms with Gasteiger partial charge in [0.05, 0.1) is 29.9 Å². The van der Waals surface area contributed by atoms with Crippen LogP contribution in [0.3, 0.4) is 0 Å². The van der Waals surface area contributed by atoms with Gasteiger partial charge in [-0.15, -0.1) is 0 Å². The monoisotopic (exact) mass is 247 g/mol. The van der Waals surface area contributed by atoms with Crippen molar-refractivity contribution in [3.8, 4) is 5.69 Å². The van der Waals surface area contributed by atoms with E-state index in [1.807, 2.05) is 0 Å². The second-order valence-corrected chi connectivity index (χ2v) is 3.75. The van der Waals surface area contributed by atoms with Gasteiger partial charge in [0.25, 0.3) is 0 Å². The van der Waals surface area contributed by atoms with E-state index in [1.54, 1.807) is 31.5 Å². The van der Waals surface area contributed by atoms with Crippen molar-refractivity contribution in [3.05, 3.63) is 42.0 Å². The van der Waals surface area contributed by atoms with Crippen LogP contribution >= 0.6 is 0 Å². The second kappa shape index (κ2) is 4.97. The molecule has 0 amide bonds. The number of pyridine rings is 1. The molecule has 0 aliphatic heterocycles. The molecule has 0 bridgehead atoms. The third kappa shape index (κ3) is 2.10. The number of aromatic nitrogens is 3. The van der Waals surface area contributed by atoms with Crippen LogP contribution in [0.5, 0.6) is 0 Å². The maximum Gasteiger partial charge on any atom is 0.339 e. The molecule has 1 atom stereocenters. The van der Waals surface area contributed by atoms with Crippen LogP contribution in [0.25, 0.3) is 5.69 Å². The summed E-state index contributed by atoms with van der Waals surface area (Å²) >= 11 is 0. The minimum atomic E-state index is -1.02. The fraction of sp³-hybridized carbons (Fsp3) is 0.250. The highest BCUT2D eigenvalue weighted by molar-refractivity contribution is 5.89. The summed E-state index contributed by atoms with van der Waals surface area (Å²) in [6.45, 7) is 1.77. The Morgan fingerprint density at radius 2 is 2.28 bits per heavy atom. The zero-order valence-electron chi connectivity index (χ0n) is 10.1. The molecule has 1 N–H and O–H groups in total. The van der Waals surface area contributed by atoms with Crippen molar-refractivity contribution in [2.45, 2.75) is 13.0 Å². The summed E-state index contributed by atoms with van der Waals surface area (Å²) in [6, 6.07) is 3.57. The molecule has 0 aromatic carbocycles. The zero-order chi connectivity index (χ0) is 13.1. The SMILES string of the molecule is COC(C)c1c(C(=O)O)cnn1-c1cccnc1. The highest BCUT2D eigenvalue weighted by Gasteiger charge is 2.22. The lowest BCUT2D eigenvalue weighted by molar-refractivity contribution is 0.0681. The van der Waals surface area contributed by atoms with Gasteiger partial charge in [-0.25, -0.2) is 9.48 Å². The standard InChI is InChI=1S/C12H13N3O3/c1-8(18-2)11-10(12(16)17)7-14-15(11)9-4-3-5-13-6-9/h3-8H,1-2H3,(H,16,17). The van der Waals surface area contributed by atoms with E-state index in [0.717, 1.165) is 0 Å². The zero-order valence-corrected chi connectivity index (χ0v) is 10.1. The molecule has 18 heavy (non-hydrogen) atoms. The first-order valence-corrected chi connectivity index (χ1v) is 5.39. The molecule has 2 aromatic heterocycles. The van der Waals surface area contributed by atoms with Gasteiger partial charge in [0.2, 0.25) is 0 Å². The lowest BCUT2D eigenvalue weighted by Gasteiger charge is -2.13. The van der Waals surface area contributed by atoms with Crippen LogP contribution in [0, 0.1) is 0 Å². The Kier molecular flexibility index (Phi) is 3.38. The third-order valence-electron chi connectivity index (χ3n) is 2.67. The van der Waals surface area contributed by atoms with Crippen molar-refractivity contribution in [2.75, 3.05) is 7.11 Å². The van der Waals surface area contributed by atoms with Gasteiger partial charge in [0.15, 0.2) is 0 Å². The van der Waals surface area contributed by atoms with E-state index in [4.69, 9.17) is 9.84 Å². The van der Waals surface area contributed by atoms with Gasteiger partial charge in [0.1, 0.15) is 5.56 Å². The lowest BCUT2D eigenvalue weighted by atomic mass is 10.1. The van der Waals surface area contributed by atoms with Crippen molar-refractivity contribution in [1.29, 1.82) is 0 Å². The topological polar surface area (TPSA) is 77.2 Å². The molecule has 6 heteroatoms. The van der Waals surface area contributed by atoms with E-state index in [9.17, 15) is 4.79 Å². The van der Waals surface area contributed by atoms with E-state index in [-0.39, 0.29) is 11.7 Å². The van der Waals surface area contributed by atoms with Crippen LogP contribution in [-0.2, 0) is 4.74 Å². The molecule has 0 radical (unpaired) electrons. The van der Waals surface area contributed by atoms with Gasteiger partial charge in [-0.05, 0) is 19.1 Å². The number of ether oxygens (including phenoxy) is 1. The normalized spacial score (nSPS) is 12.3. The van der Waals surface area contributed by atoms with Gasteiger partial charge in [-0.3, -0.25) is 4.98 Å². The summed E-state index contributed by atoms with van der Waals surface area (Å²) in [5.74, 6) is -1.02. The number of carboxylic acids is 1. The first kappa shape index (κ1) is 12.3. The lowest BCUT2D eigenvalue weighted by Crippen LogP contribution is -2.11. The van der Waals surface area contributed by atoms with Crippen molar-refractivity contribution < 1.29 is 14.6 Å². The fourth-order valence-corrected chi connectivity index (χ4v) is 1.71. The van der Waals surface area contributed by atoms with Crippen LogP contribution in [0.4, 0.5) is 0 Å². The maximum absolute atomic E-state index is 11.2. The molecule has 0 fully saturated rings. The van der Waals surface area contributed by atoms with Crippen LogP contribution in [0.15, 0.2) is 30.7 Å². The number of hydrogen-bond donors (Lipinski definition) is 1. The number of rotatable bonds is 4. The van der Waals surface area contributed by atoms with Crippen LogP contribution in [0.1, 0.15) is 29.1 Å². The summed E-state index contributed by atoms with van der Waals surface area (Å²) in [5.41, 5.74) is 1.33. The Morgan fingerprint density at radius 3 is 2.83 bits per heavy atom. The first-order valence-electron chi connectivity index (χ1n) is 5.39.